The molecule has 10 heteroatoms. The van der Waals surface area contributed by atoms with Crippen LogP contribution < -0.4 is 0 Å². The van der Waals surface area contributed by atoms with Crippen molar-refractivity contribution in [2.24, 2.45) is 0 Å². The van der Waals surface area contributed by atoms with Gasteiger partial charge in [0, 0.05) is 12.8 Å². The van der Waals surface area contributed by atoms with Crippen LogP contribution in [0.1, 0.15) is 47.5 Å². The molecular formula is C17H42NO6P3. The van der Waals surface area contributed by atoms with Crippen LogP contribution >= 0.6 is 25.3 Å². The minimum atomic E-state index is -0.671. The minimum Gasteiger partial charge on any atom is -0.334 e. The van der Waals surface area contributed by atoms with Gasteiger partial charge in [-0.1, -0.05) is 27.7 Å². The lowest BCUT2D eigenvalue weighted by molar-refractivity contribution is 0.239. The van der Waals surface area contributed by atoms with E-state index in [4.69, 9.17) is 27.1 Å². The summed E-state index contributed by atoms with van der Waals surface area (Å²) in [6.07, 6.45) is 3.64. The van der Waals surface area contributed by atoms with Crippen LogP contribution in [0.5, 0.6) is 0 Å². The van der Waals surface area contributed by atoms with Crippen molar-refractivity contribution in [2.75, 3.05) is 66.6 Å². The molecule has 0 aromatic carbocycles. The first kappa shape index (κ1) is 30.2. The third-order valence-electron chi connectivity index (χ3n) is 2.69. The fourth-order valence-electron chi connectivity index (χ4n) is 1.69. The predicted octanol–water partition coefficient (Wildman–Crippen LogP) is 5.99. The standard InChI is InChI=1S/C6H13O2P.C4H10NO2P.C3H7O2P.2C2H6/c1-2-7-9-6-4-3-5-8-9;1-5(2)8-6-3-4-7-8;1-6-4-2-3-5-6;2*1-2/h2-6H2,1H3;3-4H2,1-2H3;2-3H2,1H3;2*1-2H3. The molecule has 166 valence electrons. The highest BCUT2D eigenvalue weighted by atomic mass is 31.2. The van der Waals surface area contributed by atoms with E-state index in [-0.39, 0.29) is 0 Å². The first-order valence-electron chi connectivity index (χ1n) is 9.89. The van der Waals surface area contributed by atoms with Gasteiger partial charge in [-0.15, -0.1) is 0 Å². The first-order valence-corrected chi connectivity index (χ1v) is 14.0. The Morgan fingerprint density at radius 2 is 1.30 bits per heavy atom. The number of nitrogens with zero attached hydrogens (tertiary/aromatic N) is 1. The van der Waals surface area contributed by atoms with Crippen LogP contribution in [-0.4, -0.2) is 71.2 Å². The summed E-state index contributed by atoms with van der Waals surface area (Å²) in [7, 11) is 2.30. The molecular weight excluding hydrogens is 407 g/mol. The summed E-state index contributed by atoms with van der Waals surface area (Å²) in [4.78, 5) is 0. The van der Waals surface area contributed by atoms with Gasteiger partial charge in [-0.3, -0.25) is 0 Å². The van der Waals surface area contributed by atoms with E-state index in [9.17, 15) is 0 Å². The molecule has 0 saturated carbocycles. The van der Waals surface area contributed by atoms with Crippen LogP contribution in [0.2, 0.25) is 0 Å². The summed E-state index contributed by atoms with van der Waals surface area (Å²) in [6, 6.07) is 0. The molecule has 0 aromatic rings. The number of hydrogen-bond acceptors (Lipinski definition) is 7. The average molecular weight is 449 g/mol. The molecule has 3 aliphatic heterocycles. The topological polar surface area (TPSA) is 58.6 Å². The lowest BCUT2D eigenvalue weighted by Gasteiger charge is -2.20. The molecule has 0 amide bonds. The highest BCUT2D eigenvalue weighted by Gasteiger charge is 2.18. The third kappa shape index (κ3) is 18.8. The summed E-state index contributed by atoms with van der Waals surface area (Å²) < 4.78 is 33.0. The van der Waals surface area contributed by atoms with Crippen molar-refractivity contribution in [2.45, 2.75) is 47.5 Å². The molecule has 0 bridgehead atoms. The monoisotopic (exact) mass is 449 g/mol. The molecule has 7 nitrogen and oxygen atoms in total. The highest BCUT2D eigenvalue weighted by Crippen LogP contribution is 2.43. The maximum atomic E-state index is 5.36. The Bertz CT molecular complexity index is 273. The molecule has 3 rings (SSSR count). The van der Waals surface area contributed by atoms with E-state index < -0.39 is 25.3 Å². The van der Waals surface area contributed by atoms with Crippen LogP contribution in [0.4, 0.5) is 0 Å². The normalized spacial score (nSPS) is 22.3. The third-order valence-corrected chi connectivity index (χ3v) is 6.94. The SMILES string of the molecule is CC.CC.CCOP1CCCCO1.CN(C)P1OCCO1.CP1OCCO1. The van der Waals surface area contributed by atoms with Crippen molar-refractivity contribution in [3.05, 3.63) is 0 Å². The molecule has 0 spiro atoms. The van der Waals surface area contributed by atoms with E-state index >= 15 is 0 Å². The van der Waals surface area contributed by atoms with Crippen molar-refractivity contribution < 1.29 is 27.1 Å². The Morgan fingerprint density at radius 1 is 0.778 bits per heavy atom. The Kier molecular flexibility index (Phi) is 26.1. The molecule has 0 N–H and O–H groups in total. The molecule has 0 aliphatic carbocycles. The van der Waals surface area contributed by atoms with Crippen LogP contribution in [-0.2, 0) is 27.1 Å². The lowest BCUT2D eigenvalue weighted by Crippen LogP contribution is -2.03. The molecule has 3 fully saturated rings. The van der Waals surface area contributed by atoms with Crippen molar-refractivity contribution in [1.29, 1.82) is 0 Å². The number of hydrogen-bond donors (Lipinski definition) is 0. The Labute approximate surface area is 171 Å². The van der Waals surface area contributed by atoms with Gasteiger partial charge in [0.1, 0.15) is 0 Å². The van der Waals surface area contributed by atoms with E-state index in [1.165, 1.54) is 12.8 Å². The van der Waals surface area contributed by atoms with E-state index in [1.54, 1.807) is 0 Å². The molecule has 3 heterocycles. The Balaban J connectivity index is 0. The summed E-state index contributed by atoms with van der Waals surface area (Å²) in [5, 5.41) is 0. The zero-order chi connectivity index (χ0) is 20.9. The van der Waals surface area contributed by atoms with Crippen molar-refractivity contribution in [3.63, 3.8) is 0 Å². The van der Waals surface area contributed by atoms with Gasteiger partial charge in [0.25, 0.3) is 8.53 Å². The maximum absolute atomic E-state index is 5.36. The van der Waals surface area contributed by atoms with E-state index in [0.29, 0.717) is 0 Å². The Hall–Kier alpha value is 1.01. The average Bonchev–Trinajstić information content (AvgIpc) is 3.41. The second kappa shape index (κ2) is 23.3. The van der Waals surface area contributed by atoms with Crippen LogP contribution in [0, 0.1) is 0 Å². The summed E-state index contributed by atoms with van der Waals surface area (Å²) in [6.45, 7) is 16.8. The highest BCUT2D eigenvalue weighted by molar-refractivity contribution is 7.47. The second-order valence-corrected chi connectivity index (χ2v) is 9.69. The summed E-state index contributed by atoms with van der Waals surface area (Å²) in [5.41, 5.74) is 0. The molecule has 3 saturated heterocycles. The van der Waals surface area contributed by atoms with E-state index in [2.05, 4.69) is 0 Å². The van der Waals surface area contributed by atoms with Crippen molar-refractivity contribution >= 4 is 25.3 Å². The smallest absolute Gasteiger partial charge is 0.258 e. The molecule has 3 aliphatic rings. The first-order chi connectivity index (χ1) is 13.1. The minimum absolute atomic E-state index is 0.465. The van der Waals surface area contributed by atoms with Gasteiger partial charge >= 0.3 is 0 Å². The quantitative estimate of drug-likeness (QED) is 0.490. The van der Waals surface area contributed by atoms with Crippen molar-refractivity contribution in [1.82, 2.24) is 4.67 Å². The Morgan fingerprint density at radius 3 is 1.59 bits per heavy atom. The van der Waals surface area contributed by atoms with Crippen molar-refractivity contribution in [3.8, 4) is 0 Å². The second-order valence-electron chi connectivity index (χ2n) is 4.87. The molecule has 1 unspecified atom stereocenters. The number of rotatable bonds is 3. The zero-order valence-electron chi connectivity index (χ0n) is 18.6. The largest absolute Gasteiger partial charge is 0.334 e. The van der Waals surface area contributed by atoms with Gasteiger partial charge in [-0.2, -0.15) is 0 Å². The van der Waals surface area contributed by atoms with Gasteiger partial charge < -0.3 is 27.1 Å². The zero-order valence-corrected chi connectivity index (χ0v) is 21.3. The molecule has 1 atom stereocenters. The van der Waals surface area contributed by atoms with Crippen LogP contribution in [0.3, 0.4) is 0 Å². The molecule has 0 radical (unpaired) electrons. The molecule has 27 heavy (non-hydrogen) atoms. The summed E-state index contributed by atoms with van der Waals surface area (Å²) >= 11 is 0. The molecule has 0 aromatic heterocycles. The lowest BCUT2D eigenvalue weighted by atomic mass is 10.4. The van der Waals surface area contributed by atoms with Gasteiger partial charge in [-0.25, -0.2) is 4.67 Å². The van der Waals surface area contributed by atoms with Crippen LogP contribution in [0.25, 0.3) is 0 Å². The predicted molar refractivity (Wildman–Crippen MR) is 119 cm³/mol. The van der Waals surface area contributed by atoms with Gasteiger partial charge in [0.2, 0.25) is 0 Å². The van der Waals surface area contributed by atoms with E-state index in [0.717, 1.165) is 45.8 Å². The fraction of sp³-hybridized carbons (Fsp3) is 1.00. The summed E-state index contributed by atoms with van der Waals surface area (Å²) in [5.74, 6) is 0. The maximum Gasteiger partial charge on any atom is 0.258 e. The fourth-order valence-corrected chi connectivity index (χ4v) is 4.86. The van der Waals surface area contributed by atoms with E-state index in [1.807, 2.05) is 60.0 Å². The van der Waals surface area contributed by atoms with Gasteiger partial charge in [0.15, 0.2) is 16.8 Å². The van der Waals surface area contributed by atoms with Gasteiger partial charge in [0.05, 0.1) is 39.6 Å². The van der Waals surface area contributed by atoms with Crippen LogP contribution in [0.15, 0.2) is 0 Å². The van der Waals surface area contributed by atoms with Gasteiger partial charge in [-0.05, 0) is 33.9 Å².